The van der Waals surface area contributed by atoms with Crippen LogP contribution in [0.3, 0.4) is 0 Å². The second-order valence-corrected chi connectivity index (χ2v) is 3.35. The molecule has 14 heavy (non-hydrogen) atoms. The summed E-state index contributed by atoms with van der Waals surface area (Å²) in [7, 11) is 6.14. The normalized spacial score (nSPS) is 16.6. The SMILES string of the molecule is COCC(OC)(OC)C(C)(OC)[O][Zr]. The van der Waals surface area contributed by atoms with Crippen LogP contribution in [0.4, 0.5) is 0 Å². The van der Waals surface area contributed by atoms with Crippen LogP contribution in [-0.2, 0) is 46.9 Å². The molecule has 0 bridgehead atoms. The van der Waals surface area contributed by atoms with Gasteiger partial charge in [0.2, 0.25) is 0 Å². The minimum atomic E-state index is -1.06. The first-order valence-electron chi connectivity index (χ1n) is 4.05. The van der Waals surface area contributed by atoms with Gasteiger partial charge in [0.15, 0.2) is 0 Å². The molecular formula is C8H17O5Zr. The molecule has 0 spiro atoms. The number of hydrogen-bond acceptors (Lipinski definition) is 5. The van der Waals surface area contributed by atoms with Gasteiger partial charge in [0.05, 0.1) is 0 Å². The fourth-order valence-corrected chi connectivity index (χ4v) is 1.76. The van der Waals surface area contributed by atoms with Gasteiger partial charge in [-0.2, -0.15) is 0 Å². The second-order valence-electron chi connectivity index (χ2n) is 2.85. The van der Waals surface area contributed by atoms with E-state index in [9.17, 15) is 0 Å². The van der Waals surface area contributed by atoms with E-state index in [0.29, 0.717) is 0 Å². The number of ether oxygens (including phenoxy) is 4. The van der Waals surface area contributed by atoms with Crippen molar-refractivity contribution in [3.8, 4) is 0 Å². The van der Waals surface area contributed by atoms with Gasteiger partial charge in [0.25, 0.3) is 0 Å². The van der Waals surface area contributed by atoms with Crippen LogP contribution in [0.5, 0.6) is 0 Å². The van der Waals surface area contributed by atoms with Crippen LogP contribution < -0.4 is 0 Å². The Balaban J connectivity index is 4.92. The third kappa shape index (κ3) is 2.62. The topological polar surface area (TPSA) is 46.2 Å². The molecule has 0 aromatic rings. The average molecular weight is 284 g/mol. The van der Waals surface area contributed by atoms with E-state index >= 15 is 0 Å². The molecule has 0 aromatic carbocycles. The Labute approximate surface area is 100 Å². The molecule has 0 aliphatic carbocycles. The zero-order valence-electron chi connectivity index (χ0n) is 9.25. The Morgan fingerprint density at radius 3 is 1.71 bits per heavy atom. The molecule has 1 atom stereocenters. The first-order chi connectivity index (χ1) is 6.55. The monoisotopic (exact) mass is 283 g/mol. The van der Waals surface area contributed by atoms with Gasteiger partial charge in [-0.25, -0.2) is 0 Å². The van der Waals surface area contributed by atoms with Crippen LogP contribution in [0.15, 0.2) is 0 Å². The van der Waals surface area contributed by atoms with Crippen LogP contribution in [0.25, 0.3) is 0 Å². The fraction of sp³-hybridized carbons (Fsp3) is 1.00. The van der Waals surface area contributed by atoms with Gasteiger partial charge >= 0.3 is 100 Å². The van der Waals surface area contributed by atoms with Crippen LogP contribution in [-0.4, -0.2) is 46.6 Å². The molecule has 0 saturated heterocycles. The standard InChI is InChI=1S/C8H17O5.Zr/c1-7(9,11-3)8(12-4,13-5)6-10-2;/h6H2,1-5H3;/q-1;+1. The number of methoxy groups -OCH3 is 4. The summed E-state index contributed by atoms with van der Waals surface area (Å²) in [6.07, 6.45) is 0. The first-order valence-corrected chi connectivity index (χ1v) is 5.05. The third-order valence-electron chi connectivity index (χ3n) is 2.27. The maximum absolute atomic E-state index is 5.32. The molecule has 0 aliphatic rings. The Hall–Kier alpha value is 0.683. The predicted octanol–water partition coefficient (Wildman–Crippen LogP) is 0.463. The quantitative estimate of drug-likeness (QED) is 0.636. The van der Waals surface area contributed by atoms with Crippen molar-refractivity contribution < 1.29 is 46.9 Å². The summed E-state index contributed by atoms with van der Waals surface area (Å²) >= 11 is 0.867. The summed E-state index contributed by atoms with van der Waals surface area (Å²) < 4.78 is 26.2. The summed E-state index contributed by atoms with van der Waals surface area (Å²) in [5, 5.41) is 0. The Kier molecular flexibility index (Phi) is 6.61. The van der Waals surface area contributed by atoms with Crippen molar-refractivity contribution in [3.05, 3.63) is 0 Å². The molecule has 0 heterocycles. The molecule has 1 unspecified atom stereocenters. The second kappa shape index (κ2) is 6.31. The number of rotatable bonds is 7. The maximum atomic E-state index is 5.32. The first kappa shape index (κ1) is 14.7. The van der Waals surface area contributed by atoms with Crippen molar-refractivity contribution in [1.82, 2.24) is 0 Å². The zero-order chi connectivity index (χ0) is 11.2. The Bertz CT molecular complexity index is 156. The van der Waals surface area contributed by atoms with Gasteiger partial charge in [-0.3, -0.25) is 0 Å². The molecule has 0 saturated carbocycles. The van der Waals surface area contributed by atoms with Gasteiger partial charge in [0.1, 0.15) is 0 Å². The van der Waals surface area contributed by atoms with Crippen LogP contribution in [0.2, 0.25) is 0 Å². The third-order valence-corrected chi connectivity index (χ3v) is 3.23. The number of hydrogen-bond donors (Lipinski definition) is 0. The van der Waals surface area contributed by atoms with Crippen molar-refractivity contribution in [2.24, 2.45) is 0 Å². The molecule has 0 aromatic heterocycles. The Morgan fingerprint density at radius 2 is 1.50 bits per heavy atom. The molecular weight excluding hydrogens is 267 g/mol. The van der Waals surface area contributed by atoms with E-state index in [4.69, 9.17) is 21.8 Å². The van der Waals surface area contributed by atoms with E-state index in [1.165, 1.54) is 21.3 Å². The summed E-state index contributed by atoms with van der Waals surface area (Å²) in [6.45, 7) is 1.96. The average Bonchev–Trinajstić information content (AvgIpc) is 2.24. The van der Waals surface area contributed by atoms with Crippen molar-refractivity contribution in [1.29, 1.82) is 0 Å². The molecule has 5 nitrogen and oxygen atoms in total. The van der Waals surface area contributed by atoms with Crippen LogP contribution in [0, 0.1) is 0 Å². The van der Waals surface area contributed by atoms with Crippen molar-refractivity contribution in [3.63, 3.8) is 0 Å². The molecule has 0 rings (SSSR count). The van der Waals surface area contributed by atoms with E-state index in [1.807, 2.05) is 0 Å². The van der Waals surface area contributed by atoms with Crippen molar-refractivity contribution in [2.75, 3.05) is 35.0 Å². The van der Waals surface area contributed by atoms with Gasteiger partial charge < -0.3 is 0 Å². The molecule has 0 fully saturated rings. The fourth-order valence-electron chi connectivity index (χ4n) is 1.17. The zero-order valence-corrected chi connectivity index (χ0v) is 11.7. The molecule has 0 radical (unpaired) electrons. The summed E-state index contributed by atoms with van der Waals surface area (Å²) in [4.78, 5) is 0. The van der Waals surface area contributed by atoms with E-state index < -0.39 is 11.6 Å². The van der Waals surface area contributed by atoms with E-state index in [-0.39, 0.29) is 6.61 Å². The van der Waals surface area contributed by atoms with Crippen LogP contribution >= 0.6 is 0 Å². The van der Waals surface area contributed by atoms with Gasteiger partial charge in [0, 0.05) is 0 Å². The van der Waals surface area contributed by atoms with Crippen molar-refractivity contribution in [2.45, 2.75) is 18.5 Å². The van der Waals surface area contributed by atoms with E-state index in [1.54, 1.807) is 14.0 Å². The van der Waals surface area contributed by atoms with Crippen LogP contribution in [0.1, 0.15) is 6.92 Å². The van der Waals surface area contributed by atoms with Crippen molar-refractivity contribution >= 4 is 0 Å². The summed E-state index contributed by atoms with van der Waals surface area (Å²) in [5.41, 5.74) is 0. The van der Waals surface area contributed by atoms with Gasteiger partial charge in [-0.05, 0) is 0 Å². The Morgan fingerprint density at radius 1 is 1.00 bits per heavy atom. The van der Waals surface area contributed by atoms with E-state index in [0.717, 1.165) is 25.2 Å². The minimum absolute atomic E-state index is 0.221. The van der Waals surface area contributed by atoms with Gasteiger partial charge in [-0.1, -0.05) is 0 Å². The van der Waals surface area contributed by atoms with Gasteiger partial charge in [-0.15, -0.1) is 0 Å². The molecule has 0 aliphatic heterocycles. The predicted molar refractivity (Wildman–Crippen MR) is 45.1 cm³/mol. The molecule has 0 amide bonds. The summed E-state index contributed by atoms with van der Waals surface area (Å²) in [6, 6.07) is 0. The molecule has 0 N–H and O–H groups in total. The van der Waals surface area contributed by atoms with E-state index in [2.05, 4.69) is 0 Å². The molecule has 83 valence electrons. The molecule has 6 heteroatoms. The summed E-state index contributed by atoms with van der Waals surface area (Å²) in [5.74, 6) is -2.04.